The van der Waals surface area contributed by atoms with Gasteiger partial charge in [-0.15, -0.1) is 0 Å². The number of aliphatic hydroxyl groups excluding tert-OH is 1. The summed E-state index contributed by atoms with van der Waals surface area (Å²) in [7, 11) is 0. The summed E-state index contributed by atoms with van der Waals surface area (Å²) in [4.78, 5) is 0. The van der Waals surface area contributed by atoms with Crippen LogP contribution in [0.5, 0.6) is 0 Å². The van der Waals surface area contributed by atoms with E-state index in [0.717, 1.165) is 12.3 Å². The van der Waals surface area contributed by atoms with Gasteiger partial charge in [0.05, 0.1) is 6.10 Å². The Labute approximate surface area is 114 Å². The molecule has 0 heterocycles. The molecule has 0 aromatic carbocycles. The van der Waals surface area contributed by atoms with Crippen LogP contribution in [0.1, 0.15) is 90.9 Å². The van der Waals surface area contributed by atoms with Gasteiger partial charge in [0.25, 0.3) is 0 Å². The molecule has 0 aromatic rings. The van der Waals surface area contributed by atoms with Gasteiger partial charge in [-0.05, 0) is 24.7 Å². The molecule has 3 unspecified atom stereocenters. The van der Waals surface area contributed by atoms with E-state index in [-0.39, 0.29) is 6.10 Å². The smallest absolute Gasteiger partial charge is 0.0571 e. The van der Waals surface area contributed by atoms with Gasteiger partial charge in [0.2, 0.25) is 0 Å². The summed E-state index contributed by atoms with van der Waals surface area (Å²) in [6.45, 7) is 4.53. The Balaban J connectivity index is 1.73. The first kappa shape index (κ1) is 16.0. The van der Waals surface area contributed by atoms with Crippen LogP contribution in [-0.4, -0.2) is 11.2 Å². The van der Waals surface area contributed by atoms with Gasteiger partial charge >= 0.3 is 0 Å². The van der Waals surface area contributed by atoms with E-state index in [4.69, 9.17) is 0 Å². The lowest BCUT2D eigenvalue weighted by atomic mass is 10.0. The van der Waals surface area contributed by atoms with Crippen molar-refractivity contribution in [2.75, 3.05) is 0 Å². The summed E-state index contributed by atoms with van der Waals surface area (Å²) in [5, 5.41) is 9.88. The molecule has 1 rings (SSSR count). The van der Waals surface area contributed by atoms with Crippen LogP contribution >= 0.6 is 0 Å². The van der Waals surface area contributed by atoms with Gasteiger partial charge in [-0.1, -0.05) is 78.1 Å². The monoisotopic (exact) mass is 254 g/mol. The van der Waals surface area contributed by atoms with Crippen molar-refractivity contribution < 1.29 is 5.11 Å². The summed E-state index contributed by atoms with van der Waals surface area (Å²) >= 11 is 0. The highest BCUT2D eigenvalue weighted by Crippen LogP contribution is 2.41. The van der Waals surface area contributed by atoms with E-state index in [2.05, 4.69) is 13.8 Å². The van der Waals surface area contributed by atoms with Crippen LogP contribution in [-0.2, 0) is 0 Å². The van der Waals surface area contributed by atoms with E-state index >= 15 is 0 Å². The van der Waals surface area contributed by atoms with Crippen molar-refractivity contribution in [1.82, 2.24) is 0 Å². The standard InChI is InChI=1S/C17H34O/c1-3-4-5-6-7-8-9-10-11-12-13-17(18)16-14-15(16)2/h15-18H,3-14H2,1-2H3. The Morgan fingerprint density at radius 3 is 1.78 bits per heavy atom. The molecule has 0 bridgehead atoms. The maximum atomic E-state index is 9.88. The van der Waals surface area contributed by atoms with Crippen LogP contribution in [0.2, 0.25) is 0 Å². The van der Waals surface area contributed by atoms with Crippen LogP contribution in [0.3, 0.4) is 0 Å². The van der Waals surface area contributed by atoms with E-state index in [1.54, 1.807) is 0 Å². The third-order valence-corrected chi connectivity index (χ3v) is 4.52. The van der Waals surface area contributed by atoms with Gasteiger partial charge in [-0.25, -0.2) is 0 Å². The van der Waals surface area contributed by atoms with Gasteiger partial charge in [-0.2, -0.15) is 0 Å². The Morgan fingerprint density at radius 1 is 0.889 bits per heavy atom. The zero-order valence-corrected chi connectivity index (χ0v) is 12.7. The van der Waals surface area contributed by atoms with E-state index in [0.29, 0.717) is 5.92 Å². The van der Waals surface area contributed by atoms with E-state index < -0.39 is 0 Å². The van der Waals surface area contributed by atoms with Crippen molar-refractivity contribution in [3.8, 4) is 0 Å². The average molecular weight is 254 g/mol. The lowest BCUT2D eigenvalue weighted by molar-refractivity contribution is 0.132. The third-order valence-electron chi connectivity index (χ3n) is 4.52. The van der Waals surface area contributed by atoms with Gasteiger partial charge in [0.1, 0.15) is 0 Å². The lowest BCUT2D eigenvalue weighted by Gasteiger charge is -2.09. The maximum absolute atomic E-state index is 9.88. The fourth-order valence-electron chi connectivity index (χ4n) is 2.94. The molecule has 0 saturated heterocycles. The highest BCUT2D eigenvalue weighted by Gasteiger charge is 2.37. The zero-order valence-electron chi connectivity index (χ0n) is 12.7. The number of hydrogen-bond acceptors (Lipinski definition) is 1. The lowest BCUT2D eigenvalue weighted by Crippen LogP contribution is -2.09. The van der Waals surface area contributed by atoms with Crippen LogP contribution < -0.4 is 0 Å². The quantitative estimate of drug-likeness (QED) is 0.468. The molecule has 1 nitrogen and oxygen atoms in total. The molecule has 0 aromatic heterocycles. The summed E-state index contributed by atoms with van der Waals surface area (Å²) in [5.74, 6) is 1.44. The molecular formula is C17H34O. The molecule has 0 spiro atoms. The van der Waals surface area contributed by atoms with Crippen LogP contribution in [0.25, 0.3) is 0 Å². The molecule has 1 fully saturated rings. The van der Waals surface area contributed by atoms with E-state index in [1.807, 2.05) is 0 Å². The maximum Gasteiger partial charge on any atom is 0.0571 e. The first-order valence-electron chi connectivity index (χ1n) is 8.43. The predicted molar refractivity (Wildman–Crippen MR) is 79.7 cm³/mol. The molecule has 108 valence electrons. The Kier molecular flexibility index (Phi) is 8.75. The molecule has 1 saturated carbocycles. The first-order valence-corrected chi connectivity index (χ1v) is 8.43. The van der Waals surface area contributed by atoms with Gasteiger partial charge in [0.15, 0.2) is 0 Å². The second-order valence-electron chi connectivity index (χ2n) is 6.41. The fourth-order valence-corrected chi connectivity index (χ4v) is 2.94. The van der Waals surface area contributed by atoms with Crippen molar-refractivity contribution in [3.05, 3.63) is 0 Å². The normalized spacial score (nSPS) is 24.2. The van der Waals surface area contributed by atoms with E-state index in [1.165, 1.54) is 70.6 Å². The number of rotatable bonds is 12. The predicted octanol–water partition coefficient (Wildman–Crippen LogP) is 5.31. The van der Waals surface area contributed by atoms with Crippen LogP contribution in [0.15, 0.2) is 0 Å². The molecule has 3 atom stereocenters. The summed E-state index contributed by atoms with van der Waals surface area (Å²) in [6.07, 6.45) is 16.1. The summed E-state index contributed by atoms with van der Waals surface area (Å²) < 4.78 is 0. The van der Waals surface area contributed by atoms with Crippen molar-refractivity contribution >= 4 is 0 Å². The van der Waals surface area contributed by atoms with E-state index in [9.17, 15) is 5.11 Å². The minimum atomic E-state index is 0.00837. The minimum Gasteiger partial charge on any atom is -0.393 e. The van der Waals surface area contributed by atoms with Crippen molar-refractivity contribution in [2.45, 2.75) is 97.0 Å². The second kappa shape index (κ2) is 9.83. The summed E-state index contributed by atoms with van der Waals surface area (Å²) in [5.41, 5.74) is 0. The van der Waals surface area contributed by atoms with Crippen molar-refractivity contribution in [3.63, 3.8) is 0 Å². The second-order valence-corrected chi connectivity index (χ2v) is 6.41. The molecule has 1 aliphatic carbocycles. The van der Waals surface area contributed by atoms with Crippen molar-refractivity contribution in [1.29, 1.82) is 0 Å². The first-order chi connectivity index (χ1) is 8.75. The molecule has 0 aliphatic heterocycles. The molecule has 1 heteroatoms. The topological polar surface area (TPSA) is 20.2 Å². The average Bonchev–Trinajstić information content (AvgIpc) is 3.09. The molecule has 0 amide bonds. The number of aliphatic hydroxyl groups is 1. The number of hydrogen-bond donors (Lipinski definition) is 1. The Hall–Kier alpha value is -0.0400. The number of unbranched alkanes of at least 4 members (excludes halogenated alkanes) is 9. The Morgan fingerprint density at radius 2 is 1.33 bits per heavy atom. The molecular weight excluding hydrogens is 220 g/mol. The minimum absolute atomic E-state index is 0.00837. The highest BCUT2D eigenvalue weighted by molar-refractivity contribution is 4.87. The molecule has 1 aliphatic rings. The van der Waals surface area contributed by atoms with Gasteiger partial charge < -0.3 is 5.11 Å². The third kappa shape index (κ3) is 7.41. The summed E-state index contributed by atoms with van der Waals surface area (Å²) in [6, 6.07) is 0. The molecule has 1 N–H and O–H groups in total. The highest BCUT2D eigenvalue weighted by atomic mass is 16.3. The zero-order chi connectivity index (χ0) is 13.2. The molecule has 18 heavy (non-hydrogen) atoms. The molecule has 0 radical (unpaired) electrons. The Bertz CT molecular complexity index is 190. The van der Waals surface area contributed by atoms with Gasteiger partial charge in [-0.3, -0.25) is 0 Å². The van der Waals surface area contributed by atoms with Crippen LogP contribution in [0.4, 0.5) is 0 Å². The van der Waals surface area contributed by atoms with Crippen molar-refractivity contribution in [2.24, 2.45) is 11.8 Å². The largest absolute Gasteiger partial charge is 0.393 e. The van der Waals surface area contributed by atoms with Crippen LogP contribution in [0, 0.1) is 11.8 Å². The van der Waals surface area contributed by atoms with Gasteiger partial charge in [0, 0.05) is 0 Å². The SMILES string of the molecule is CCCCCCCCCCCCC(O)C1CC1C. The fraction of sp³-hybridized carbons (Fsp3) is 1.00.